The Morgan fingerprint density at radius 1 is 1.29 bits per heavy atom. The van der Waals surface area contributed by atoms with Crippen LogP contribution in [0.4, 0.5) is 0 Å². The Bertz CT molecular complexity index is 418. The zero-order chi connectivity index (χ0) is 15.1. The largest absolute Gasteiger partial charge is 0.493 e. The fourth-order valence-corrected chi connectivity index (χ4v) is 3.50. The van der Waals surface area contributed by atoms with Gasteiger partial charge in [-0.15, -0.1) is 0 Å². The van der Waals surface area contributed by atoms with E-state index in [-0.39, 0.29) is 0 Å². The summed E-state index contributed by atoms with van der Waals surface area (Å²) in [5, 5.41) is 3.56. The minimum Gasteiger partial charge on any atom is -0.493 e. The molecule has 1 N–H and O–H groups in total. The highest BCUT2D eigenvalue weighted by atomic mass is 16.5. The molecule has 0 fully saturated rings. The third-order valence-electron chi connectivity index (χ3n) is 4.98. The number of hydrogen-bond donors (Lipinski definition) is 1. The van der Waals surface area contributed by atoms with E-state index in [9.17, 15) is 0 Å². The molecule has 1 aliphatic heterocycles. The fraction of sp³-hybridized carbons (Fsp3) is 0.684. The molecule has 0 aromatic heterocycles. The van der Waals surface area contributed by atoms with Gasteiger partial charge in [0, 0.05) is 12.0 Å². The minimum atomic E-state index is 0.570. The van der Waals surface area contributed by atoms with Crippen molar-refractivity contribution in [3.8, 4) is 5.75 Å². The van der Waals surface area contributed by atoms with E-state index in [4.69, 9.17) is 4.74 Å². The summed E-state index contributed by atoms with van der Waals surface area (Å²) in [7, 11) is 2.11. The first kappa shape index (κ1) is 16.4. The van der Waals surface area contributed by atoms with Crippen molar-refractivity contribution >= 4 is 0 Å². The van der Waals surface area contributed by atoms with Gasteiger partial charge < -0.3 is 10.1 Å². The molecule has 0 radical (unpaired) electrons. The molecule has 0 bridgehead atoms. The number of nitrogens with one attached hydrogen (secondary N) is 1. The fourth-order valence-electron chi connectivity index (χ4n) is 3.50. The molecular formula is C19H31NO. The number of rotatable bonds is 8. The van der Waals surface area contributed by atoms with Crippen molar-refractivity contribution in [3.05, 3.63) is 29.8 Å². The van der Waals surface area contributed by atoms with E-state index in [2.05, 4.69) is 50.5 Å². The van der Waals surface area contributed by atoms with Gasteiger partial charge in [0.2, 0.25) is 0 Å². The molecule has 1 heterocycles. The van der Waals surface area contributed by atoms with Crippen LogP contribution in [0.5, 0.6) is 5.75 Å². The second-order valence-electron chi connectivity index (χ2n) is 6.43. The molecule has 0 saturated carbocycles. The van der Waals surface area contributed by atoms with E-state index in [0.717, 1.165) is 24.7 Å². The quantitative estimate of drug-likeness (QED) is 0.764. The van der Waals surface area contributed by atoms with Crippen LogP contribution < -0.4 is 10.1 Å². The maximum atomic E-state index is 5.98. The summed E-state index contributed by atoms with van der Waals surface area (Å²) in [5.74, 6) is 2.53. The second-order valence-corrected chi connectivity index (χ2v) is 6.43. The molecule has 1 aromatic rings. The molecule has 1 aromatic carbocycles. The van der Waals surface area contributed by atoms with Gasteiger partial charge in [-0.2, -0.15) is 0 Å². The average molecular weight is 289 g/mol. The maximum absolute atomic E-state index is 5.98. The van der Waals surface area contributed by atoms with Gasteiger partial charge in [-0.1, -0.05) is 57.7 Å². The van der Waals surface area contributed by atoms with Crippen LogP contribution in [0.25, 0.3) is 0 Å². The second kappa shape index (κ2) is 8.43. The highest BCUT2D eigenvalue weighted by Crippen LogP contribution is 2.31. The van der Waals surface area contributed by atoms with Crippen molar-refractivity contribution in [3.63, 3.8) is 0 Å². The first-order valence-electron chi connectivity index (χ1n) is 8.66. The van der Waals surface area contributed by atoms with E-state index >= 15 is 0 Å². The Morgan fingerprint density at radius 2 is 2.10 bits per heavy atom. The number of hydrogen-bond acceptors (Lipinski definition) is 2. The van der Waals surface area contributed by atoms with Gasteiger partial charge in [0.25, 0.3) is 0 Å². The molecule has 0 aliphatic carbocycles. The molecule has 3 unspecified atom stereocenters. The monoisotopic (exact) mass is 289 g/mol. The zero-order valence-corrected chi connectivity index (χ0v) is 13.9. The molecule has 1 aliphatic rings. The highest BCUT2D eigenvalue weighted by molar-refractivity contribution is 5.35. The molecule has 3 atom stereocenters. The molecule has 21 heavy (non-hydrogen) atoms. The number of unbranched alkanes of at least 4 members (excludes halogenated alkanes) is 1. The van der Waals surface area contributed by atoms with Gasteiger partial charge in [-0.25, -0.2) is 0 Å². The summed E-state index contributed by atoms with van der Waals surface area (Å²) in [6, 6.07) is 9.06. The molecule has 0 saturated heterocycles. The van der Waals surface area contributed by atoms with E-state index in [1.165, 1.54) is 37.7 Å². The van der Waals surface area contributed by atoms with Crippen molar-refractivity contribution in [2.75, 3.05) is 13.7 Å². The van der Waals surface area contributed by atoms with Crippen LogP contribution in [0.15, 0.2) is 24.3 Å². The van der Waals surface area contributed by atoms with E-state index in [1.807, 2.05) is 0 Å². The summed E-state index contributed by atoms with van der Waals surface area (Å²) >= 11 is 0. The number of benzene rings is 1. The van der Waals surface area contributed by atoms with Crippen LogP contribution >= 0.6 is 0 Å². The van der Waals surface area contributed by atoms with Gasteiger partial charge in [0.1, 0.15) is 5.75 Å². The third-order valence-corrected chi connectivity index (χ3v) is 4.98. The van der Waals surface area contributed by atoms with E-state index in [1.54, 1.807) is 0 Å². The Kier molecular flexibility index (Phi) is 6.56. The first-order valence-corrected chi connectivity index (χ1v) is 8.66. The van der Waals surface area contributed by atoms with Gasteiger partial charge >= 0.3 is 0 Å². The first-order chi connectivity index (χ1) is 10.3. The Labute approximate surface area is 130 Å². The lowest BCUT2D eigenvalue weighted by molar-refractivity contribution is 0.170. The van der Waals surface area contributed by atoms with Gasteiger partial charge in [0.15, 0.2) is 0 Å². The maximum Gasteiger partial charge on any atom is 0.122 e. The van der Waals surface area contributed by atoms with Crippen molar-refractivity contribution in [2.45, 2.75) is 58.4 Å². The molecule has 2 nitrogen and oxygen atoms in total. The Hall–Kier alpha value is -1.02. The Balaban J connectivity index is 1.95. The summed E-state index contributed by atoms with van der Waals surface area (Å²) < 4.78 is 5.98. The SMILES string of the molecule is CCCCC(CC)CC(NC)C1COc2ccccc2C1. The molecule has 118 valence electrons. The average Bonchev–Trinajstić information content (AvgIpc) is 2.55. The zero-order valence-electron chi connectivity index (χ0n) is 13.9. The summed E-state index contributed by atoms with van der Waals surface area (Å²) in [5.41, 5.74) is 1.37. The lowest BCUT2D eigenvalue weighted by Gasteiger charge is -2.33. The molecule has 2 heteroatoms. The van der Waals surface area contributed by atoms with Crippen LogP contribution in [-0.2, 0) is 6.42 Å². The number of ether oxygens (including phenoxy) is 1. The minimum absolute atomic E-state index is 0.570. The van der Waals surface area contributed by atoms with Crippen molar-refractivity contribution in [1.29, 1.82) is 0 Å². The van der Waals surface area contributed by atoms with Crippen LogP contribution in [0.1, 0.15) is 51.5 Å². The van der Waals surface area contributed by atoms with E-state index < -0.39 is 0 Å². The standard InChI is InChI=1S/C19H31NO/c1-4-6-9-15(5-2)12-18(20-3)17-13-16-10-7-8-11-19(16)21-14-17/h7-8,10-11,15,17-18,20H,4-6,9,12-14H2,1-3H3. The summed E-state index contributed by atoms with van der Waals surface area (Å²) in [6.45, 7) is 5.47. The van der Waals surface area contributed by atoms with Crippen LogP contribution in [0, 0.1) is 11.8 Å². The smallest absolute Gasteiger partial charge is 0.122 e. The summed E-state index contributed by atoms with van der Waals surface area (Å²) in [6.07, 6.45) is 7.76. The molecule has 2 rings (SSSR count). The highest BCUT2D eigenvalue weighted by Gasteiger charge is 2.27. The predicted molar refractivity (Wildman–Crippen MR) is 89.9 cm³/mol. The van der Waals surface area contributed by atoms with Gasteiger partial charge in [-0.3, -0.25) is 0 Å². The van der Waals surface area contributed by atoms with Crippen molar-refractivity contribution in [2.24, 2.45) is 11.8 Å². The third kappa shape index (κ3) is 4.47. The van der Waals surface area contributed by atoms with Crippen LogP contribution in [0.3, 0.4) is 0 Å². The van der Waals surface area contributed by atoms with Crippen molar-refractivity contribution in [1.82, 2.24) is 5.32 Å². The van der Waals surface area contributed by atoms with Crippen molar-refractivity contribution < 1.29 is 4.74 Å². The lowest BCUT2D eigenvalue weighted by Crippen LogP contribution is -2.41. The van der Waals surface area contributed by atoms with Crippen LogP contribution in [-0.4, -0.2) is 19.7 Å². The number of para-hydroxylation sites is 1. The number of fused-ring (bicyclic) bond motifs is 1. The van der Waals surface area contributed by atoms with Crippen LogP contribution in [0.2, 0.25) is 0 Å². The lowest BCUT2D eigenvalue weighted by atomic mass is 9.83. The van der Waals surface area contributed by atoms with E-state index in [0.29, 0.717) is 12.0 Å². The molecular weight excluding hydrogens is 258 g/mol. The van der Waals surface area contributed by atoms with Gasteiger partial charge in [0.05, 0.1) is 6.61 Å². The van der Waals surface area contributed by atoms with Gasteiger partial charge in [-0.05, 0) is 37.4 Å². The molecule has 0 spiro atoms. The summed E-state index contributed by atoms with van der Waals surface area (Å²) in [4.78, 5) is 0. The molecule has 0 amide bonds. The normalized spacial score (nSPS) is 20.4. The Morgan fingerprint density at radius 3 is 2.81 bits per heavy atom. The predicted octanol–water partition coefficient (Wildman–Crippen LogP) is 4.43. The topological polar surface area (TPSA) is 21.3 Å².